The summed E-state index contributed by atoms with van der Waals surface area (Å²) in [5.41, 5.74) is 0.277. The van der Waals surface area contributed by atoms with E-state index in [1.165, 1.54) is 11.8 Å². The number of nitrogens with one attached hydrogen (secondary N) is 2. The second kappa shape index (κ2) is 9.43. The molecule has 1 unspecified atom stereocenters. The molecule has 138 valence electrons. The topological polar surface area (TPSA) is 58.2 Å². The smallest absolute Gasteiger partial charge is 0.238 e. The standard InChI is InChI=1S/C21H26N2O2S/c1-4-22-20(25)21(2,3)15-23-19(24)18(16-11-7-5-8-12-16)26-17-13-9-6-10-14-17/h5-14,18H,4,15H2,1-3H3,(H,22,25)(H,23,24). The Hall–Kier alpha value is -2.27. The first kappa shape index (κ1) is 20.0. The maximum atomic E-state index is 12.9. The van der Waals surface area contributed by atoms with Crippen LogP contribution in [-0.2, 0) is 9.59 Å². The Morgan fingerprint density at radius 3 is 2.12 bits per heavy atom. The molecule has 0 radical (unpaired) electrons. The van der Waals surface area contributed by atoms with Gasteiger partial charge in [0.15, 0.2) is 0 Å². The summed E-state index contributed by atoms with van der Waals surface area (Å²) in [5.74, 6) is -0.158. The summed E-state index contributed by atoms with van der Waals surface area (Å²) in [6.07, 6.45) is 0. The molecule has 0 spiro atoms. The molecule has 0 heterocycles. The molecule has 0 saturated carbocycles. The highest BCUT2D eigenvalue weighted by atomic mass is 32.2. The van der Waals surface area contributed by atoms with Crippen molar-refractivity contribution in [1.82, 2.24) is 10.6 Å². The highest BCUT2D eigenvalue weighted by molar-refractivity contribution is 8.00. The first-order valence-corrected chi connectivity index (χ1v) is 9.64. The third-order valence-corrected chi connectivity index (χ3v) is 5.26. The number of hydrogen-bond acceptors (Lipinski definition) is 3. The fraction of sp³-hybridized carbons (Fsp3) is 0.333. The van der Waals surface area contributed by atoms with Crippen molar-refractivity contribution in [3.8, 4) is 0 Å². The van der Waals surface area contributed by atoms with Crippen molar-refractivity contribution in [2.45, 2.75) is 30.9 Å². The van der Waals surface area contributed by atoms with Gasteiger partial charge in [-0.15, -0.1) is 11.8 Å². The van der Waals surface area contributed by atoms with Crippen LogP contribution in [0, 0.1) is 5.41 Å². The van der Waals surface area contributed by atoms with E-state index >= 15 is 0 Å². The fourth-order valence-corrected chi connectivity index (χ4v) is 3.49. The molecule has 5 heteroatoms. The Morgan fingerprint density at radius 1 is 0.962 bits per heavy atom. The van der Waals surface area contributed by atoms with Crippen LogP contribution < -0.4 is 10.6 Å². The van der Waals surface area contributed by atoms with Gasteiger partial charge in [0.1, 0.15) is 5.25 Å². The summed E-state index contributed by atoms with van der Waals surface area (Å²) in [5, 5.41) is 5.40. The Morgan fingerprint density at radius 2 is 1.54 bits per heavy atom. The summed E-state index contributed by atoms with van der Waals surface area (Å²) >= 11 is 1.51. The molecule has 0 saturated heterocycles. The van der Waals surface area contributed by atoms with E-state index < -0.39 is 5.41 Å². The number of thioether (sulfide) groups is 1. The zero-order valence-corrected chi connectivity index (χ0v) is 16.3. The summed E-state index contributed by atoms with van der Waals surface area (Å²) < 4.78 is 0. The van der Waals surface area contributed by atoms with Crippen LogP contribution in [0.25, 0.3) is 0 Å². The molecule has 2 aromatic rings. The summed E-state index contributed by atoms with van der Waals surface area (Å²) in [6, 6.07) is 19.6. The number of carbonyl (C=O) groups is 2. The molecular weight excluding hydrogens is 344 g/mol. The average Bonchev–Trinajstić information content (AvgIpc) is 2.66. The number of carbonyl (C=O) groups excluding carboxylic acids is 2. The Bertz CT molecular complexity index is 717. The van der Waals surface area contributed by atoms with E-state index in [1.807, 2.05) is 81.4 Å². The van der Waals surface area contributed by atoms with Gasteiger partial charge in [0.2, 0.25) is 11.8 Å². The predicted molar refractivity (Wildman–Crippen MR) is 107 cm³/mol. The molecule has 1 atom stereocenters. The average molecular weight is 371 g/mol. The highest BCUT2D eigenvalue weighted by Crippen LogP contribution is 2.35. The van der Waals surface area contributed by atoms with Crippen LogP contribution in [0.1, 0.15) is 31.6 Å². The van der Waals surface area contributed by atoms with Gasteiger partial charge in [-0.1, -0.05) is 48.5 Å². The van der Waals surface area contributed by atoms with Crippen LogP contribution in [-0.4, -0.2) is 24.9 Å². The Kier molecular flexibility index (Phi) is 7.27. The van der Waals surface area contributed by atoms with Crippen LogP contribution in [0.2, 0.25) is 0 Å². The van der Waals surface area contributed by atoms with E-state index in [-0.39, 0.29) is 23.6 Å². The highest BCUT2D eigenvalue weighted by Gasteiger charge is 2.29. The van der Waals surface area contributed by atoms with Gasteiger partial charge < -0.3 is 10.6 Å². The van der Waals surface area contributed by atoms with Crippen molar-refractivity contribution in [2.24, 2.45) is 5.41 Å². The van der Waals surface area contributed by atoms with Crippen molar-refractivity contribution in [3.05, 3.63) is 66.2 Å². The SMILES string of the molecule is CCNC(=O)C(C)(C)CNC(=O)C(Sc1ccccc1)c1ccccc1. The Labute approximate surface area is 159 Å². The number of benzene rings is 2. The molecule has 26 heavy (non-hydrogen) atoms. The zero-order chi connectivity index (χ0) is 19.0. The van der Waals surface area contributed by atoms with Gasteiger partial charge in [-0.25, -0.2) is 0 Å². The maximum Gasteiger partial charge on any atom is 0.238 e. The van der Waals surface area contributed by atoms with Crippen molar-refractivity contribution >= 4 is 23.6 Å². The largest absolute Gasteiger partial charge is 0.356 e. The first-order valence-electron chi connectivity index (χ1n) is 8.76. The van der Waals surface area contributed by atoms with Crippen molar-refractivity contribution < 1.29 is 9.59 Å². The van der Waals surface area contributed by atoms with Gasteiger partial charge in [0.25, 0.3) is 0 Å². The zero-order valence-electron chi connectivity index (χ0n) is 15.5. The molecular formula is C21H26N2O2S. The minimum atomic E-state index is -0.662. The normalized spacial score (nSPS) is 12.3. The van der Waals surface area contributed by atoms with Gasteiger partial charge >= 0.3 is 0 Å². The molecule has 2 amide bonds. The van der Waals surface area contributed by atoms with Gasteiger partial charge in [-0.2, -0.15) is 0 Å². The maximum absolute atomic E-state index is 12.9. The quantitative estimate of drug-likeness (QED) is 0.695. The first-order chi connectivity index (χ1) is 12.4. The second-order valence-electron chi connectivity index (χ2n) is 6.68. The molecule has 0 aliphatic carbocycles. The van der Waals surface area contributed by atoms with E-state index in [9.17, 15) is 9.59 Å². The second-order valence-corrected chi connectivity index (χ2v) is 7.86. The monoisotopic (exact) mass is 370 g/mol. The third-order valence-electron chi connectivity index (χ3n) is 3.99. The van der Waals surface area contributed by atoms with Crippen LogP contribution in [0.5, 0.6) is 0 Å². The molecule has 0 aromatic heterocycles. The van der Waals surface area contributed by atoms with Crippen LogP contribution in [0.15, 0.2) is 65.6 Å². The lowest BCUT2D eigenvalue weighted by atomic mass is 9.92. The molecule has 0 fully saturated rings. The van der Waals surface area contributed by atoms with E-state index in [0.717, 1.165) is 10.5 Å². The Balaban J connectivity index is 2.12. The lowest BCUT2D eigenvalue weighted by molar-refractivity contribution is -0.129. The molecule has 2 rings (SSSR count). The lowest BCUT2D eigenvalue weighted by Gasteiger charge is -2.25. The van der Waals surface area contributed by atoms with E-state index in [2.05, 4.69) is 10.6 Å². The van der Waals surface area contributed by atoms with Crippen molar-refractivity contribution in [2.75, 3.05) is 13.1 Å². The molecule has 0 aliphatic heterocycles. The molecule has 4 nitrogen and oxygen atoms in total. The van der Waals surface area contributed by atoms with Gasteiger partial charge in [0.05, 0.1) is 5.41 Å². The third kappa shape index (κ3) is 5.63. The number of rotatable bonds is 8. The van der Waals surface area contributed by atoms with Gasteiger partial charge in [-0.3, -0.25) is 9.59 Å². The predicted octanol–water partition coefficient (Wildman–Crippen LogP) is 3.80. The number of amides is 2. The van der Waals surface area contributed by atoms with E-state index in [1.54, 1.807) is 0 Å². The van der Waals surface area contributed by atoms with E-state index in [4.69, 9.17) is 0 Å². The lowest BCUT2D eigenvalue weighted by Crippen LogP contribution is -2.45. The molecule has 0 aliphatic rings. The molecule has 0 bridgehead atoms. The van der Waals surface area contributed by atoms with Crippen molar-refractivity contribution in [3.63, 3.8) is 0 Å². The van der Waals surface area contributed by atoms with Crippen LogP contribution >= 0.6 is 11.8 Å². The minimum absolute atomic E-state index is 0.0627. The number of hydrogen-bond donors (Lipinski definition) is 2. The van der Waals surface area contributed by atoms with Crippen molar-refractivity contribution in [1.29, 1.82) is 0 Å². The van der Waals surface area contributed by atoms with Crippen LogP contribution in [0.4, 0.5) is 0 Å². The molecule has 2 N–H and O–H groups in total. The van der Waals surface area contributed by atoms with E-state index in [0.29, 0.717) is 6.54 Å². The minimum Gasteiger partial charge on any atom is -0.356 e. The van der Waals surface area contributed by atoms with Crippen LogP contribution in [0.3, 0.4) is 0 Å². The summed E-state index contributed by atoms with van der Waals surface area (Å²) in [4.78, 5) is 26.1. The van der Waals surface area contributed by atoms with Gasteiger partial charge in [0, 0.05) is 18.0 Å². The molecule has 2 aromatic carbocycles. The summed E-state index contributed by atoms with van der Waals surface area (Å²) in [6.45, 7) is 6.41. The fourth-order valence-electron chi connectivity index (χ4n) is 2.42. The van der Waals surface area contributed by atoms with Gasteiger partial charge in [-0.05, 0) is 38.5 Å². The summed E-state index contributed by atoms with van der Waals surface area (Å²) in [7, 11) is 0.